The minimum Gasteiger partial charge on any atom is -0.265 e. The van der Waals surface area contributed by atoms with Crippen molar-refractivity contribution in [1.29, 1.82) is 0 Å². The minimum absolute atomic E-state index is 0. The molecule has 58 valence electrons. The number of aryl methyl sites for hydroxylation is 1. The maximum absolute atomic E-state index is 3.89. The molecule has 0 radical (unpaired) electrons. The molecule has 0 amide bonds. The van der Waals surface area contributed by atoms with Crippen LogP contribution in [0.25, 0.3) is 0 Å². The third-order valence-corrected chi connectivity index (χ3v) is 1.16. The molecular formula is C7H11Br2N. The number of halogens is 2. The molecule has 0 aliphatic rings. The Morgan fingerprint density at radius 2 is 1.70 bits per heavy atom. The van der Waals surface area contributed by atoms with E-state index < -0.39 is 0 Å². The van der Waals surface area contributed by atoms with Crippen molar-refractivity contribution in [2.24, 2.45) is 0 Å². The highest BCUT2D eigenvalue weighted by atomic mass is 79.9. The topological polar surface area (TPSA) is 12.9 Å². The molecule has 1 nitrogen and oxygen atoms in total. The largest absolute Gasteiger partial charge is 0.265 e. The van der Waals surface area contributed by atoms with E-state index in [0.717, 1.165) is 6.42 Å². The van der Waals surface area contributed by atoms with Gasteiger partial charge in [0.15, 0.2) is 0 Å². The van der Waals surface area contributed by atoms with Crippen molar-refractivity contribution in [2.75, 3.05) is 0 Å². The summed E-state index contributed by atoms with van der Waals surface area (Å²) in [6.07, 6.45) is 4.74. The van der Waals surface area contributed by atoms with Gasteiger partial charge in [-0.05, 0) is 24.1 Å². The van der Waals surface area contributed by atoms with E-state index in [0.29, 0.717) is 0 Å². The summed E-state index contributed by atoms with van der Waals surface area (Å²) in [5.74, 6) is 0. The molecule has 0 saturated heterocycles. The van der Waals surface area contributed by atoms with Crippen LogP contribution in [0.5, 0.6) is 0 Å². The molecule has 0 aliphatic carbocycles. The third kappa shape index (κ3) is 4.01. The second-order valence-corrected chi connectivity index (χ2v) is 1.71. The van der Waals surface area contributed by atoms with Crippen molar-refractivity contribution in [2.45, 2.75) is 13.3 Å². The van der Waals surface area contributed by atoms with Crippen LogP contribution in [0.2, 0.25) is 0 Å². The fourth-order valence-electron chi connectivity index (χ4n) is 0.618. The minimum atomic E-state index is 0. The van der Waals surface area contributed by atoms with Gasteiger partial charge in [-0.15, -0.1) is 34.0 Å². The molecular weight excluding hydrogens is 258 g/mol. The van der Waals surface area contributed by atoms with Crippen LogP contribution < -0.4 is 0 Å². The Kier molecular flexibility index (Phi) is 9.21. The maximum atomic E-state index is 3.89. The van der Waals surface area contributed by atoms with Gasteiger partial charge in [0.2, 0.25) is 0 Å². The lowest BCUT2D eigenvalue weighted by atomic mass is 10.2. The highest BCUT2D eigenvalue weighted by Gasteiger charge is 1.80. The first-order valence-corrected chi connectivity index (χ1v) is 2.82. The van der Waals surface area contributed by atoms with Gasteiger partial charge in [-0.3, -0.25) is 4.98 Å². The molecule has 0 N–H and O–H groups in total. The molecule has 0 fully saturated rings. The zero-order valence-corrected chi connectivity index (χ0v) is 9.21. The first-order chi connectivity index (χ1) is 3.93. The van der Waals surface area contributed by atoms with Crippen molar-refractivity contribution in [3.8, 4) is 0 Å². The van der Waals surface area contributed by atoms with Gasteiger partial charge in [0.1, 0.15) is 0 Å². The monoisotopic (exact) mass is 267 g/mol. The van der Waals surface area contributed by atoms with E-state index in [9.17, 15) is 0 Å². The first-order valence-electron chi connectivity index (χ1n) is 2.82. The predicted molar refractivity (Wildman–Crippen MR) is 54.3 cm³/mol. The molecule has 0 spiro atoms. The summed E-state index contributed by atoms with van der Waals surface area (Å²) in [6, 6.07) is 4.06. The lowest BCUT2D eigenvalue weighted by Crippen LogP contribution is -1.76. The van der Waals surface area contributed by atoms with E-state index in [-0.39, 0.29) is 34.0 Å². The Bertz CT molecular complexity index is 153. The molecule has 10 heavy (non-hydrogen) atoms. The molecule has 1 rings (SSSR count). The summed E-state index contributed by atoms with van der Waals surface area (Å²) in [6.45, 7) is 2.13. The molecule has 1 aromatic heterocycles. The summed E-state index contributed by atoms with van der Waals surface area (Å²) >= 11 is 0. The summed E-state index contributed by atoms with van der Waals surface area (Å²) < 4.78 is 0. The van der Waals surface area contributed by atoms with Gasteiger partial charge in [-0.2, -0.15) is 0 Å². The number of pyridine rings is 1. The summed E-state index contributed by atoms with van der Waals surface area (Å²) in [5.41, 5.74) is 1.35. The second-order valence-electron chi connectivity index (χ2n) is 1.71. The molecule has 0 aromatic carbocycles. The van der Waals surface area contributed by atoms with Crippen LogP contribution in [0.3, 0.4) is 0 Å². The van der Waals surface area contributed by atoms with E-state index >= 15 is 0 Å². The fraction of sp³-hybridized carbons (Fsp3) is 0.286. The Morgan fingerprint density at radius 3 is 2.00 bits per heavy atom. The highest BCUT2D eigenvalue weighted by molar-refractivity contribution is 8.93. The lowest BCUT2D eigenvalue weighted by molar-refractivity contribution is 1.12. The van der Waals surface area contributed by atoms with Crippen LogP contribution in [0, 0.1) is 0 Å². The summed E-state index contributed by atoms with van der Waals surface area (Å²) in [7, 11) is 0. The van der Waals surface area contributed by atoms with Crippen molar-refractivity contribution < 1.29 is 0 Å². The number of hydrogen-bond acceptors (Lipinski definition) is 1. The Labute approximate surface area is 82.4 Å². The van der Waals surface area contributed by atoms with Gasteiger partial charge in [-0.1, -0.05) is 6.92 Å². The molecule has 3 heteroatoms. The molecule has 1 heterocycles. The van der Waals surface area contributed by atoms with E-state index in [1.165, 1.54) is 5.56 Å². The molecule has 0 atom stereocenters. The van der Waals surface area contributed by atoms with Crippen LogP contribution in [0.1, 0.15) is 12.5 Å². The van der Waals surface area contributed by atoms with Crippen LogP contribution in [0.4, 0.5) is 0 Å². The highest BCUT2D eigenvalue weighted by Crippen LogP contribution is 1.94. The van der Waals surface area contributed by atoms with Gasteiger partial charge < -0.3 is 0 Å². The average Bonchev–Trinajstić information content (AvgIpc) is 1.90. The Morgan fingerprint density at radius 1 is 1.20 bits per heavy atom. The molecule has 0 aliphatic heterocycles. The van der Waals surface area contributed by atoms with Gasteiger partial charge >= 0.3 is 0 Å². The van der Waals surface area contributed by atoms with Crippen LogP contribution >= 0.6 is 34.0 Å². The molecule has 0 bridgehead atoms. The number of rotatable bonds is 1. The zero-order valence-electron chi connectivity index (χ0n) is 5.78. The summed E-state index contributed by atoms with van der Waals surface area (Å²) in [5, 5.41) is 0. The van der Waals surface area contributed by atoms with Gasteiger partial charge in [0.05, 0.1) is 0 Å². The Balaban J connectivity index is 0. The van der Waals surface area contributed by atoms with Crippen molar-refractivity contribution in [3.05, 3.63) is 30.1 Å². The number of aromatic nitrogens is 1. The number of hydrogen-bond donors (Lipinski definition) is 0. The number of nitrogens with zero attached hydrogens (tertiary/aromatic N) is 1. The van der Waals surface area contributed by atoms with Gasteiger partial charge in [-0.25, -0.2) is 0 Å². The molecule has 1 aromatic rings. The van der Waals surface area contributed by atoms with Crippen LogP contribution in [-0.4, -0.2) is 4.98 Å². The zero-order chi connectivity index (χ0) is 5.82. The van der Waals surface area contributed by atoms with Gasteiger partial charge in [0, 0.05) is 12.4 Å². The first kappa shape index (κ1) is 12.8. The second kappa shape index (κ2) is 7.22. The molecule has 0 unspecified atom stereocenters. The van der Waals surface area contributed by atoms with E-state index in [1.807, 2.05) is 24.5 Å². The quantitative estimate of drug-likeness (QED) is 0.763. The molecule has 0 saturated carbocycles. The lowest BCUT2D eigenvalue weighted by Gasteiger charge is -1.89. The maximum Gasteiger partial charge on any atom is 0.0270 e. The summed E-state index contributed by atoms with van der Waals surface area (Å²) in [4.78, 5) is 3.89. The van der Waals surface area contributed by atoms with Crippen molar-refractivity contribution in [3.63, 3.8) is 0 Å². The Hall–Kier alpha value is 0.110. The normalized spacial score (nSPS) is 7.30. The van der Waals surface area contributed by atoms with Crippen LogP contribution in [-0.2, 0) is 6.42 Å². The van der Waals surface area contributed by atoms with Crippen LogP contribution in [0.15, 0.2) is 24.5 Å². The average molecular weight is 269 g/mol. The van der Waals surface area contributed by atoms with E-state index in [2.05, 4.69) is 11.9 Å². The van der Waals surface area contributed by atoms with Crippen molar-refractivity contribution >= 4 is 34.0 Å². The SMILES string of the molecule is Br.Br.CCc1ccncc1. The smallest absolute Gasteiger partial charge is 0.0270 e. The van der Waals surface area contributed by atoms with E-state index in [1.54, 1.807) is 0 Å². The standard InChI is InChI=1S/C7H9N.2BrH/c1-2-7-3-5-8-6-4-7;;/h3-6H,2H2,1H3;2*1H. The predicted octanol–water partition coefficient (Wildman–Crippen LogP) is 2.80. The van der Waals surface area contributed by atoms with Gasteiger partial charge in [0.25, 0.3) is 0 Å². The van der Waals surface area contributed by atoms with E-state index in [4.69, 9.17) is 0 Å². The van der Waals surface area contributed by atoms with Crippen molar-refractivity contribution in [1.82, 2.24) is 4.98 Å². The fourth-order valence-corrected chi connectivity index (χ4v) is 0.618. The third-order valence-electron chi connectivity index (χ3n) is 1.16.